The van der Waals surface area contributed by atoms with Crippen LogP contribution in [0.4, 0.5) is 0 Å². The van der Waals surface area contributed by atoms with Crippen LogP contribution in [0.2, 0.25) is 0 Å². The van der Waals surface area contributed by atoms with Crippen molar-refractivity contribution in [3.63, 3.8) is 0 Å². The number of hydrogen-bond donors (Lipinski definition) is 4. The first-order chi connectivity index (χ1) is 11.7. The van der Waals surface area contributed by atoms with Gasteiger partial charge in [-0.1, -0.05) is 12.1 Å². The first-order valence-corrected chi connectivity index (χ1v) is 6.91. The van der Waals surface area contributed by atoms with Crippen molar-refractivity contribution in [1.82, 2.24) is 0 Å². The Bertz CT molecular complexity index is 760. The van der Waals surface area contributed by atoms with Gasteiger partial charge in [-0.3, -0.25) is 0 Å². The quantitative estimate of drug-likeness (QED) is 0.622. The van der Waals surface area contributed by atoms with Gasteiger partial charge in [-0.25, -0.2) is 19.2 Å². The van der Waals surface area contributed by atoms with E-state index in [0.29, 0.717) is 0 Å². The van der Waals surface area contributed by atoms with Gasteiger partial charge in [0, 0.05) is 6.42 Å². The Balaban J connectivity index is 2.76. The van der Waals surface area contributed by atoms with Crippen molar-refractivity contribution >= 4 is 23.9 Å². The fourth-order valence-corrected chi connectivity index (χ4v) is 2.53. The molecule has 2 rings (SSSR count). The predicted molar refractivity (Wildman–Crippen MR) is 83.5 cm³/mol. The fraction of sp³-hybridized carbons (Fsp3) is 0.0588. The van der Waals surface area contributed by atoms with Gasteiger partial charge < -0.3 is 20.4 Å². The van der Waals surface area contributed by atoms with E-state index in [1.807, 2.05) is 0 Å². The number of carboxylic acids is 4. The average Bonchev–Trinajstić information content (AvgIpc) is 2.54. The topological polar surface area (TPSA) is 149 Å². The molecule has 0 unspecified atom stereocenters. The summed E-state index contributed by atoms with van der Waals surface area (Å²) < 4.78 is 0. The molecule has 8 heteroatoms. The predicted octanol–water partition coefficient (Wildman–Crippen LogP) is 2.07. The minimum Gasteiger partial charge on any atom is -0.478 e. The van der Waals surface area contributed by atoms with Gasteiger partial charge in [0.15, 0.2) is 0 Å². The van der Waals surface area contributed by atoms with Crippen LogP contribution in [0.5, 0.6) is 0 Å². The van der Waals surface area contributed by atoms with Crippen LogP contribution in [0.25, 0.3) is 0 Å². The lowest BCUT2D eigenvalue weighted by Crippen LogP contribution is -2.15. The molecular weight excluding hydrogens is 332 g/mol. The summed E-state index contributed by atoms with van der Waals surface area (Å²) in [5, 5.41) is 37.1. The maximum absolute atomic E-state index is 11.4. The van der Waals surface area contributed by atoms with Gasteiger partial charge in [-0.2, -0.15) is 0 Å². The SMILES string of the molecule is O=C(O)c1cccc(C(=O)O)c1Cc1c(C(=O)O)cccc1C(=O)O. The Kier molecular flexibility index (Phi) is 4.83. The number of carboxylic acid groups (broad SMARTS) is 4. The third-order valence-electron chi connectivity index (χ3n) is 3.63. The lowest BCUT2D eigenvalue weighted by atomic mass is 9.89. The van der Waals surface area contributed by atoms with E-state index in [2.05, 4.69) is 0 Å². The molecular formula is C17H12O8. The van der Waals surface area contributed by atoms with Gasteiger partial charge in [0.1, 0.15) is 0 Å². The molecule has 0 aliphatic rings. The van der Waals surface area contributed by atoms with Crippen molar-refractivity contribution in [2.24, 2.45) is 0 Å². The second kappa shape index (κ2) is 6.83. The van der Waals surface area contributed by atoms with Crippen LogP contribution in [0, 0.1) is 0 Å². The lowest BCUT2D eigenvalue weighted by Gasteiger charge is -2.14. The van der Waals surface area contributed by atoms with Crippen LogP contribution >= 0.6 is 0 Å². The summed E-state index contributed by atoms with van der Waals surface area (Å²) in [5.41, 5.74) is -1.68. The third kappa shape index (κ3) is 3.47. The monoisotopic (exact) mass is 344 g/mol. The zero-order chi connectivity index (χ0) is 18.7. The molecule has 0 amide bonds. The van der Waals surface area contributed by atoms with Crippen LogP contribution in [0.15, 0.2) is 36.4 Å². The molecule has 0 saturated heterocycles. The zero-order valence-corrected chi connectivity index (χ0v) is 12.6. The van der Waals surface area contributed by atoms with Gasteiger partial charge in [-0.05, 0) is 35.4 Å². The summed E-state index contributed by atoms with van der Waals surface area (Å²) in [4.78, 5) is 45.6. The van der Waals surface area contributed by atoms with E-state index in [-0.39, 0.29) is 33.4 Å². The minimum atomic E-state index is -1.40. The van der Waals surface area contributed by atoms with Crippen LogP contribution in [-0.2, 0) is 6.42 Å². The highest BCUT2D eigenvalue weighted by Gasteiger charge is 2.24. The van der Waals surface area contributed by atoms with Gasteiger partial charge >= 0.3 is 23.9 Å². The molecule has 0 saturated carbocycles. The van der Waals surface area contributed by atoms with Gasteiger partial charge in [0.2, 0.25) is 0 Å². The molecule has 0 atom stereocenters. The molecule has 0 bridgehead atoms. The molecule has 0 aromatic heterocycles. The molecule has 0 heterocycles. The molecule has 2 aromatic rings. The Morgan fingerprint density at radius 1 is 0.560 bits per heavy atom. The van der Waals surface area contributed by atoms with Crippen molar-refractivity contribution in [3.05, 3.63) is 69.8 Å². The van der Waals surface area contributed by atoms with E-state index in [0.717, 1.165) is 0 Å². The van der Waals surface area contributed by atoms with E-state index in [4.69, 9.17) is 0 Å². The highest BCUT2D eigenvalue weighted by Crippen LogP contribution is 2.24. The molecule has 0 fully saturated rings. The number of rotatable bonds is 6. The molecule has 8 nitrogen and oxygen atoms in total. The highest BCUT2D eigenvalue weighted by molar-refractivity contribution is 5.99. The molecule has 0 radical (unpaired) electrons. The van der Waals surface area contributed by atoms with E-state index in [1.54, 1.807) is 0 Å². The molecule has 2 aromatic carbocycles. The molecule has 0 spiro atoms. The normalized spacial score (nSPS) is 10.2. The number of aromatic carboxylic acids is 4. The van der Waals surface area contributed by atoms with Crippen molar-refractivity contribution < 1.29 is 39.6 Å². The summed E-state index contributed by atoms with van der Waals surface area (Å²) in [6.45, 7) is 0. The lowest BCUT2D eigenvalue weighted by molar-refractivity contribution is 0.0677. The maximum Gasteiger partial charge on any atom is 0.336 e. The Morgan fingerprint density at radius 2 is 0.800 bits per heavy atom. The largest absolute Gasteiger partial charge is 0.478 e. The molecule has 0 aliphatic heterocycles. The average molecular weight is 344 g/mol. The Labute approximate surface area is 140 Å². The molecule has 4 N–H and O–H groups in total. The van der Waals surface area contributed by atoms with Gasteiger partial charge in [-0.15, -0.1) is 0 Å². The summed E-state index contributed by atoms with van der Waals surface area (Å²) in [6, 6.07) is 7.19. The summed E-state index contributed by atoms with van der Waals surface area (Å²) >= 11 is 0. The summed E-state index contributed by atoms with van der Waals surface area (Å²) in [7, 11) is 0. The Hall–Kier alpha value is -3.68. The minimum absolute atomic E-state index is 0.168. The standard InChI is InChI=1S/C17H12O8/c18-14(19)8-3-1-4-9(15(20)21)12(8)7-13-10(16(22)23)5-2-6-11(13)17(24)25/h1-6H,7H2,(H,18,19)(H,20,21)(H,22,23)(H,24,25). The van der Waals surface area contributed by atoms with Crippen molar-refractivity contribution in [3.8, 4) is 0 Å². The van der Waals surface area contributed by atoms with Crippen molar-refractivity contribution in [2.45, 2.75) is 6.42 Å². The molecule has 128 valence electrons. The fourth-order valence-electron chi connectivity index (χ4n) is 2.53. The van der Waals surface area contributed by atoms with Gasteiger partial charge in [0.05, 0.1) is 22.3 Å². The van der Waals surface area contributed by atoms with Crippen LogP contribution < -0.4 is 0 Å². The van der Waals surface area contributed by atoms with E-state index < -0.39 is 30.3 Å². The highest BCUT2D eigenvalue weighted by atomic mass is 16.4. The van der Waals surface area contributed by atoms with Crippen LogP contribution in [-0.4, -0.2) is 44.3 Å². The third-order valence-corrected chi connectivity index (χ3v) is 3.63. The number of benzene rings is 2. The van der Waals surface area contributed by atoms with Gasteiger partial charge in [0.25, 0.3) is 0 Å². The Morgan fingerprint density at radius 3 is 1.00 bits per heavy atom. The van der Waals surface area contributed by atoms with E-state index >= 15 is 0 Å². The van der Waals surface area contributed by atoms with Crippen molar-refractivity contribution in [1.29, 1.82) is 0 Å². The molecule has 0 aliphatic carbocycles. The number of hydrogen-bond acceptors (Lipinski definition) is 4. The van der Waals surface area contributed by atoms with E-state index in [1.165, 1.54) is 36.4 Å². The number of carbonyl (C=O) groups is 4. The second-order valence-electron chi connectivity index (χ2n) is 5.06. The second-order valence-corrected chi connectivity index (χ2v) is 5.06. The molecule has 25 heavy (non-hydrogen) atoms. The zero-order valence-electron chi connectivity index (χ0n) is 12.6. The first-order valence-electron chi connectivity index (χ1n) is 6.91. The first kappa shape index (κ1) is 17.7. The van der Waals surface area contributed by atoms with E-state index in [9.17, 15) is 39.6 Å². The maximum atomic E-state index is 11.4. The van der Waals surface area contributed by atoms with Crippen molar-refractivity contribution in [2.75, 3.05) is 0 Å². The summed E-state index contributed by atoms with van der Waals surface area (Å²) in [5.74, 6) is -5.60. The summed E-state index contributed by atoms with van der Waals surface area (Å²) in [6.07, 6.45) is -0.464. The van der Waals surface area contributed by atoms with Crippen LogP contribution in [0.3, 0.4) is 0 Å². The smallest absolute Gasteiger partial charge is 0.336 e. The van der Waals surface area contributed by atoms with Crippen LogP contribution in [0.1, 0.15) is 52.6 Å².